The van der Waals surface area contributed by atoms with Gasteiger partial charge in [0, 0.05) is 21.1 Å². The van der Waals surface area contributed by atoms with Gasteiger partial charge in [-0.25, -0.2) is 4.98 Å². The molecule has 5 heteroatoms. The van der Waals surface area contributed by atoms with E-state index in [1.165, 1.54) is 11.8 Å². The van der Waals surface area contributed by atoms with Gasteiger partial charge in [0.2, 0.25) is 0 Å². The summed E-state index contributed by atoms with van der Waals surface area (Å²) < 4.78 is 0.947. The van der Waals surface area contributed by atoms with Crippen LogP contribution < -0.4 is 5.73 Å². The van der Waals surface area contributed by atoms with E-state index < -0.39 is 0 Å². The molecule has 0 amide bonds. The van der Waals surface area contributed by atoms with Crippen LogP contribution in [0.15, 0.2) is 50.9 Å². The van der Waals surface area contributed by atoms with E-state index in [1.807, 2.05) is 37.3 Å². The highest BCUT2D eigenvalue weighted by atomic mass is 79.9. The largest absolute Gasteiger partial charge is 0.384 e. The van der Waals surface area contributed by atoms with Crippen LogP contribution in [0.25, 0.3) is 0 Å². The number of rotatable bonds is 3. The Morgan fingerprint density at radius 3 is 2.72 bits per heavy atom. The van der Waals surface area contributed by atoms with Crippen molar-refractivity contribution in [1.29, 1.82) is 5.41 Å². The zero-order valence-corrected chi connectivity index (χ0v) is 12.2. The first-order valence-electron chi connectivity index (χ1n) is 5.31. The molecule has 2 rings (SSSR count). The second-order valence-corrected chi connectivity index (χ2v) is 5.81. The van der Waals surface area contributed by atoms with E-state index in [4.69, 9.17) is 11.1 Å². The van der Waals surface area contributed by atoms with Crippen LogP contribution in [0.3, 0.4) is 0 Å². The van der Waals surface area contributed by atoms with Gasteiger partial charge >= 0.3 is 0 Å². The SMILES string of the molecule is Cc1ccc(Sc2ccc(Br)cn2)c(C(=N)N)c1. The van der Waals surface area contributed by atoms with Gasteiger partial charge in [-0.1, -0.05) is 23.4 Å². The molecule has 0 atom stereocenters. The number of hydrogen-bond donors (Lipinski definition) is 2. The van der Waals surface area contributed by atoms with Gasteiger partial charge in [-0.3, -0.25) is 5.41 Å². The summed E-state index contributed by atoms with van der Waals surface area (Å²) in [6, 6.07) is 9.77. The minimum absolute atomic E-state index is 0.0818. The van der Waals surface area contributed by atoms with Crippen molar-refractivity contribution in [2.75, 3.05) is 0 Å². The molecule has 0 fully saturated rings. The van der Waals surface area contributed by atoms with Crippen molar-refractivity contribution in [3.05, 3.63) is 52.1 Å². The normalized spacial score (nSPS) is 10.3. The number of halogens is 1. The van der Waals surface area contributed by atoms with Crippen molar-refractivity contribution in [3.63, 3.8) is 0 Å². The van der Waals surface area contributed by atoms with Crippen LogP contribution in [0.5, 0.6) is 0 Å². The smallest absolute Gasteiger partial charge is 0.123 e. The van der Waals surface area contributed by atoms with E-state index in [9.17, 15) is 0 Å². The van der Waals surface area contributed by atoms with Gasteiger partial charge in [-0.15, -0.1) is 0 Å². The average Bonchev–Trinajstić information content (AvgIpc) is 2.34. The predicted octanol–water partition coefficient (Wildman–Crippen LogP) is 3.59. The fraction of sp³-hybridized carbons (Fsp3) is 0.0769. The van der Waals surface area contributed by atoms with Gasteiger partial charge in [-0.2, -0.15) is 0 Å². The molecule has 3 nitrogen and oxygen atoms in total. The Balaban J connectivity index is 2.34. The van der Waals surface area contributed by atoms with Crippen LogP contribution in [0.1, 0.15) is 11.1 Å². The van der Waals surface area contributed by atoms with E-state index in [1.54, 1.807) is 6.20 Å². The summed E-state index contributed by atoms with van der Waals surface area (Å²) in [5.41, 5.74) is 7.45. The van der Waals surface area contributed by atoms with Crippen molar-refractivity contribution in [3.8, 4) is 0 Å². The second-order valence-electron chi connectivity index (χ2n) is 3.83. The molecule has 0 bridgehead atoms. The molecule has 1 aromatic carbocycles. The molecule has 1 heterocycles. The van der Waals surface area contributed by atoms with Gasteiger partial charge in [0.15, 0.2) is 0 Å². The summed E-state index contributed by atoms with van der Waals surface area (Å²) in [5.74, 6) is 0.0818. The molecule has 92 valence electrons. The molecule has 0 saturated carbocycles. The number of amidine groups is 1. The van der Waals surface area contributed by atoms with Crippen LogP contribution in [0, 0.1) is 12.3 Å². The maximum absolute atomic E-state index is 7.61. The number of benzene rings is 1. The zero-order chi connectivity index (χ0) is 13.1. The molecular weight excluding hydrogens is 310 g/mol. The molecule has 18 heavy (non-hydrogen) atoms. The maximum atomic E-state index is 7.61. The first-order valence-corrected chi connectivity index (χ1v) is 6.91. The number of nitrogens with zero attached hydrogens (tertiary/aromatic N) is 1. The maximum Gasteiger partial charge on any atom is 0.123 e. The molecule has 0 spiro atoms. The van der Waals surface area contributed by atoms with E-state index in [-0.39, 0.29) is 5.84 Å². The topological polar surface area (TPSA) is 62.8 Å². The molecular formula is C13H12BrN3S. The number of aryl methyl sites for hydroxylation is 1. The lowest BCUT2D eigenvalue weighted by molar-refractivity contribution is 1.12. The third-order valence-corrected chi connectivity index (χ3v) is 3.84. The van der Waals surface area contributed by atoms with Gasteiger partial charge in [0.05, 0.1) is 0 Å². The fourth-order valence-electron chi connectivity index (χ4n) is 1.48. The van der Waals surface area contributed by atoms with E-state index in [2.05, 4.69) is 20.9 Å². The van der Waals surface area contributed by atoms with Crippen molar-refractivity contribution < 1.29 is 0 Å². The number of nitrogens with two attached hydrogens (primary N) is 1. The van der Waals surface area contributed by atoms with E-state index in [0.29, 0.717) is 0 Å². The Morgan fingerprint density at radius 1 is 1.33 bits per heavy atom. The van der Waals surface area contributed by atoms with Crippen molar-refractivity contribution in [2.45, 2.75) is 16.8 Å². The Kier molecular flexibility index (Phi) is 4.04. The van der Waals surface area contributed by atoms with Crippen molar-refractivity contribution in [2.24, 2.45) is 5.73 Å². The highest BCUT2D eigenvalue weighted by Crippen LogP contribution is 2.30. The molecule has 0 aliphatic carbocycles. The Labute approximate surface area is 118 Å². The molecule has 1 aromatic heterocycles. The van der Waals surface area contributed by atoms with Crippen LogP contribution in [-0.4, -0.2) is 10.8 Å². The zero-order valence-electron chi connectivity index (χ0n) is 9.77. The number of hydrogen-bond acceptors (Lipinski definition) is 3. The molecule has 0 unspecified atom stereocenters. The summed E-state index contributed by atoms with van der Waals surface area (Å²) in [6.45, 7) is 1.98. The van der Waals surface area contributed by atoms with Crippen LogP contribution >= 0.6 is 27.7 Å². The Bertz CT molecular complexity index is 581. The minimum atomic E-state index is 0.0818. The number of pyridine rings is 1. The van der Waals surface area contributed by atoms with Gasteiger partial charge in [0.1, 0.15) is 10.9 Å². The Morgan fingerprint density at radius 2 is 2.11 bits per heavy atom. The summed E-state index contributed by atoms with van der Waals surface area (Å²) in [4.78, 5) is 5.25. The summed E-state index contributed by atoms with van der Waals surface area (Å²) in [7, 11) is 0. The third kappa shape index (κ3) is 3.11. The molecule has 3 N–H and O–H groups in total. The monoisotopic (exact) mass is 321 g/mol. The highest BCUT2D eigenvalue weighted by molar-refractivity contribution is 9.10. The molecule has 0 saturated heterocycles. The fourth-order valence-corrected chi connectivity index (χ4v) is 2.59. The van der Waals surface area contributed by atoms with E-state index in [0.717, 1.165) is 25.5 Å². The number of nitrogen functional groups attached to an aromatic ring is 1. The lowest BCUT2D eigenvalue weighted by atomic mass is 10.1. The number of nitrogens with one attached hydrogen (secondary N) is 1. The van der Waals surface area contributed by atoms with Crippen LogP contribution in [0.4, 0.5) is 0 Å². The minimum Gasteiger partial charge on any atom is -0.384 e. The van der Waals surface area contributed by atoms with Crippen LogP contribution in [0.2, 0.25) is 0 Å². The third-order valence-electron chi connectivity index (χ3n) is 2.34. The molecule has 0 aliphatic rings. The summed E-state index contributed by atoms with van der Waals surface area (Å²) >= 11 is 4.86. The standard InChI is InChI=1S/C13H12BrN3S/c1-8-2-4-11(10(6-8)13(15)16)18-12-5-3-9(14)7-17-12/h2-7H,1H3,(H3,15,16). The predicted molar refractivity (Wildman–Crippen MR) is 78.3 cm³/mol. The highest BCUT2D eigenvalue weighted by Gasteiger charge is 2.08. The van der Waals surface area contributed by atoms with Gasteiger partial charge < -0.3 is 5.73 Å². The van der Waals surface area contributed by atoms with E-state index >= 15 is 0 Å². The lowest BCUT2D eigenvalue weighted by Crippen LogP contribution is -2.12. The molecule has 0 aliphatic heterocycles. The van der Waals surface area contributed by atoms with Crippen molar-refractivity contribution in [1.82, 2.24) is 4.98 Å². The lowest BCUT2D eigenvalue weighted by Gasteiger charge is -2.08. The van der Waals surface area contributed by atoms with Crippen molar-refractivity contribution >= 4 is 33.5 Å². The summed E-state index contributed by atoms with van der Waals surface area (Å²) in [6.07, 6.45) is 1.75. The first kappa shape index (κ1) is 13.1. The average molecular weight is 322 g/mol. The first-order chi connectivity index (χ1) is 8.56. The molecule has 0 radical (unpaired) electrons. The van der Waals surface area contributed by atoms with Gasteiger partial charge in [0.25, 0.3) is 0 Å². The molecule has 2 aromatic rings. The second kappa shape index (κ2) is 5.54. The summed E-state index contributed by atoms with van der Waals surface area (Å²) in [5, 5.41) is 8.49. The number of aromatic nitrogens is 1. The quantitative estimate of drug-likeness (QED) is 0.670. The van der Waals surface area contributed by atoms with Gasteiger partial charge in [-0.05, 0) is 47.1 Å². The Hall–Kier alpha value is -1.33. The van der Waals surface area contributed by atoms with Crippen LogP contribution in [-0.2, 0) is 0 Å².